The first kappa shape index (κ1) is 20.3. The highest BCUT2D eigenvalue weighted by atomic mass is 32.2. The molecule has 0 unspecified atom stereocenters. The van der Waals surface area contributed by atoms with Gasteiger partial charge in [0, 0.05) is 10.8 Å². The first-order valence-corrected chi connectivity index (χ1v) is 12.2. The number of rotatable bonds is 8. The Morgan fingerprint density at radius 2 is 2.00 bits per heavy atom. The molecule has 0 saturated heterocycles. The predicted molar refractivity (Wildman–Crippen MR) is 122 cm³/mol. The van der Waals surface area contributed by atoms with Crippen molar-refractivity contribution in [3.8, 4) is 0 Å². The number of nitrogens with two attached hydrogens (primary N) is 1. The number of aromatic nitrogens is 3. The van der Waals surface area contributed by atoms with Gasteiger partial charge in [0.05, 0.1) is 17.9 Å². The highest BCUT2D eigenvalue weighted by Gasteiger charge is 2.31. The highest BCUT2D eigenvalue weighted by molar-refractivity contribution is 7.99. The topological polar surface area (TPSA) is 103 Å². The summed E-state index contributed by atoms with van der Waals surface area (Å²) in [6, 6.07) is 10.2. The predicted octanol–water partition coefficient (Wildman–Crippen LogP) is 3.58. The quantitative estimate of drug-likeness (QED) is 0.508. The van der Waals surface area contributed by atoms with E-state index >= 15 is 0 Å². The van der Waals surface area contributed by atoms with Crippen molar-refractivity contribution in [3.63, 3.8) is 0 Å². The molecule has 2 heterocycles. The van der Waals surface area contributed by atoms with E-state index in [1.807, 2.05) is 18.2 Å². The standard InChI is InChI=1S/C22H23N5O2S2/c23-19(29)18-15-7-4-8-16(15)31-21(18)24-17(28)12-30-22-26-25-20(14-9-10-14)27(22)11-13-5-2-1-3-6-13/h1-3,5-6,14H,4,7-12H2,(H2,23,29)(H,24,28). The lowest BCUT2D eigenvalue weighted by molar-refractivity contribution is -0.113. The third kappa shape index (κ3) is 4.24. The monoisotopic (exact) mass is 453 g/mol. The van der Waals surface area contributed by atoms with Crippen LogP contribution >= 0.6 is 23.1 Å². The van der Waals surface area contributed by atoms with Crippen LogP contribution in [0.15, 0.2) is 35.5 Å². The molecule has 3 N–H and O–H groups in total. The molecule has 0 spiro atoms. The average Bonchev–Trinajstić information content (AvgIpc) is 3.21. The first-order chi connectivity index (χ1) is 15.1. The number of thiophene rings is 1. The van der Waals surface area contributed by atoms with Crippen LogP contribution in [0.1, 0.15) is 57.4 Å². The van der Waals surface area contributed by atoms with Crippen molar-refractivity contribution in [2.24, 2.45) is 5.73 Å². The van der Waals surface area contributed by atoms with Crippen LogP contribution in [0.3, 0.4) is 0 Å². The number of aryl methyl sites for hydroxylation is 1. The second kappa shape index (κ2) is 8.47. The maximum atomic E-state index is 12.7. The Bertz CT molecular complexity index is 1130. The molecule has 0 aliphatic heterocycles. The van der Waals surface area contributed by atoms with Gasteiger partial charge in [-0.3, -0.25) is 9.59 Å². The van der Waals surface area contributed by atoms with E-state index in [0.29, 0.717) is 23.0 Å². The fraction of sp³-hybridized carbons (Fsp3) is 0.364. The van der Waals surface area contributed by atoms with E-state index in [0.717, 1.165) is 53.5 Å². The van der Waals surface area contributed by atoms with Gasteiger partial charge in [0.25, 0.3) is 5.91 Å². The Hall–Kier alpha value is -2.65. The number of nitrogens with zero attached hydrogens (tertiary/aromatic N) is 3. The molecule has 2 aliphatic rings. The molecule has 0 radical (unpaired) electrons. The molecule has 1 aromatic carbocycles. The van der Waals surface area contributed by atoms with Crippen molar-refractivity contribution in [2.75, 3.05) is 11.1 Å². The Kier molecular flexibility index (Phi) is 5.54. The molecule has 5 rings (SSSR count). The first-order valence-electron chi connectivity index (χ1n) is 10.4. The number of carbonyl (C=O) groups is 2. The number of benzene rings is 1. The molecule has 0 bridgehead atoms. The van der Waals surface area contributed by atoms with Crippen LogP contribution in [0.25, 0.3) is 0 Å². The lowest BCUT2D eigenvalue weighted by Gasteiger charge is -2.10. The molecule has 0 atom stereocenters. The Morgan fingerprint density at radius 3 is 2.74 bits per heavy atom. The molecular weight excluding hydrogens is 430 g/mol. The number of fused-ring (bicyclic) bond motifs is 1. The van der Waals surface area contributed by atoms with Crippen LogP contribution in [-0.2, 0) is 24.2 Å². The lowest BCUT2D eigenvalue weighted by atomic mass is 10.1. The van der Waals surface area contributed by atoms with Crippen molar-refractivity contribution >= 4 is 39.9 Å². The van der Waals surface area contributed by atoms with E-state index < -0.39 is 5.91 Å². The molecule has 9 heteroatoms. The third-order valence-electron chi connectivity index (χ3n) is 5.62. The van der Waals surface area contributed by atoms with E-state index in [4.69, 9.17) is 5.73 Å². The van der Waals surface area contributed by atoms with Gasteiger partial charge >= 0.3 is 0 Å². The normalized spacial score (nSPS) is 15.1. The maximum Gasteiger partial charge on any atom is 0.251 e. The summed E-state index contributed by atoms with van der Waals surface area (Å²) in [7, 11) is 0. The highest BCUT2D eigenvalue weighted by Crippen LogP contribution is 2.41. The number of amides is 2. The second-order valence-corrected chi connectivity index (χ2v) is 10.00. The molecule has 2 aliphatic carbocycles. The van der Waals surface area contributed by atoms with Crippen molar-refractivity contribution in [1.82, 2.24) is 14.8 Å². The summed E-state index contributed by atoms with van der Waals surface area (Å²) in [5, 5.41) is 13.0. The van der Waals surface area contributed by atoms with Gasteiger partial charge in [-0.15, -0.1) is 21.5 Å². The summed E-state index contributed by atoms with van der Waals surface area (Å²) in [6.07, 6.45) is 5.10. The van der Waals surface area contributed by atoms with E-state index in [-0.39, 0.29) is 11.7 Å². The van der Waals surface area contributed by atoms with E-state index in [1.54, 1.807) is 0 Å². The number of carbonyl (C=O) groups excluding carboxylic acids is 2. The molecule has 2 amide bonds. The minimum absolute atomic E-state index is 0.172. The second-order valence-electron chi connectivity index (χ2n) is 7.95. The fourth-order valence-corrected chi connectivity index (χ4v) is 6.07. The van der Waals surface area contributed by atoms with Crippen LogP contribution in [-0.4, -0.2) is 32.3 Å². The lowest BCUT2D eigenvalue weighted by Crippen LogP contribution is -2.19. The molecule has 1 fully saturated rings. The zero-order chi connectivity index (χ0) is 21.4. The zero-order valence-corrected chi connectivity index (χ0v) is 18.6. The molecule has 160 valence electrons. The van der Waals surface area contributed by atoms with Gasteiger partial charge in [0.15, 0.2) is 5.16 Å². The number of primary amides is 1. The molecule has 2 aromatic heterocycles. The van der Waals surface area contributed by atoms with E-state index in [9.17, 15) is 9.59 Å². The number of thioether (sulfide) groups is 1. The Labute approximate surface area is 188 Å². The smallest absolute Gasteiger partial charge is 0.251 e. The van der Waals surface area contributed by atoms with E-state index in [2.05, 4.69) is 32.2 Å². The fourth-order valence-electron chi connectivity index (χ4n) is 4.01. The van der Waals surface area contributed by atoms with Crippen LogP contribution in [0.2, 0.25) is 0 Å². The number of hydrogen-bond acceptors (Lipinski definition) is 6. The minimum atomic E-state index is -0.473. The zero-order valence-electron chi connectivity index (χ0n) is 17.0. The van der Waals surface area contributed by atoms with Crippen LogP contribution < -0.4 is 11.1 Å². The molecule has 1 saturated carbocycles. The van der Waals surface area contributed by atoms with E-state index in [1.165, 1.54) is 28.7 Å². The van der Waals surface area contributed by atoms with Crippen molar-refractivity contribution in [2.45, 2.75) is 49.7 Å². The molecule has 3 aromatic rings. The summed E-state index contributed by atoms with van der Waals surface area (Å²) >= 11 is 2.84. The van der Waals surface area contributed by atoms with Gasteiger partial charge in [-0.05, 0) is 43.2 Å². The summed E-state index contributed by atoms with van der Waals surface area (Å²) in [4.78, 5) is 25.8. The van der Waals surface area contributed by atoms with Crippen molar-refractivity contribution < 1.29 is 9.59 Å². The van der Waals surface area contributed by atoms with Crippen LogP contribution in [0.4, 0.5) is 5.00 Å². The summed E-state index contributed by atoms with van der Waals surface area (Å²) in [5.41, 5.74) is 8.26. The third-order valence-corrected chi connectivity index (χ3v) is 7.80. The van der Waals surface area contributed by atoms with Gasteiger partial charge < -0.3 is 15.6 Å². The number of hydrogen-bond donors (Lipinski definition) is 2. The largest absolute Gasteiger partial charge is 0.365 e. The summed E-state index contributed by atoms with van der Waals surface area (Å²) in [5.74, 6) is 1.01. The summed E-state index contributed by atoms with van der Waals surface area (Å²) in [6.45, 7) is 0.688. The Balaban J connectivity index is 1.29. The van der Waals surface area contributed by atoms with Gasteiger partial charge in [0.1, 0.15) is 10.8 Å². The van der Waals surface area contributed by atoms with Crippen molar-refractivity contribution in [3.05, 3.63) is 57.7 Å². The molecule has 31 heavy (non-hydrogen) atoms. The van der Waals surface area contributed by atoms with Crippen LogP contribution in [0, 0.1) is 0 Å². The summed E-state index contributed by atoms with van der Waals surface area (Å²) < 4.78 is 2.12. The molecule has 7 nitrogen and oxygen atoms in total. The maximum absolute atomic E-state index is 12.7. The van der Waals surface area contributed by atoms with Crippen LogP contribution in [0.5, 0.6) is 0 Å². The van der Waals surface area contributed by atoms with Crippen molar-refractivity contribution in [1.29, 1.82) is 0 Å². The molecular formula is C22H23N5O2S2. The average molecular weight is 454 g/mol. The van der Waals surface area contributed by atoms with Gasteiger partial charge in [0.2, 0.25) is 5.91 Å². The SMILES string of the molecule is NC(=O)c1c(NC(=O)CSc2nnc(C3CC3)n2Cc2ccccc2)sc2c1CCC2. The number of nitrogens with one attached hydrogen (secondary N) is 1. The number of anilines is 1. The van der Waals surface area contributed by atoms with Gasteiger partial charge in [-0.1, -0.05) is 42.1 Å². The van der Waals surface area contributed by atoms with Gasteiger partial charge in [-0.25, -0.2) is 0 Å². The Morgan fingerprint density at radius 1 is 1.19 bits per heavy atom. The minimum Gasteiger partial charge on any atom is -0.365 e. The van der Waals surface area contributed by atoms with Gasteiger partial charge in [-0.2, -0.15) is 0 Å².